The van der Waals surface area contributed by atoms with Gasteiger partial charge >= 0.3 is 6.03 Å². The molecule has 0 aromatic heterocycles. The van der Waals surface area contributed by atoms with Crippen LogP contribution >= 0.6 is 0 Å². The van der Waals surface area contributed by atoms with Gasteiger partial charge in [0.1, 0.15) is 22.8 Å². The maximum Gasteiger partial charge on any atom is 0.336 e. The number of anilines is 1. The number of amides is 4. The molecular formula is C20H18N2O6. The molecule has 1 aliphatic rings. The Labute approximate surface area is 161 Å². The number of carbonyl (C=O) groups is 3. The lowest BCUT2D eigenvalue weighted by Crippen LogP contribution is -2.54. The Hall–Kier alpha value is -3.81. The van der Waals surface area contributed by atoms with Crippen molar-refractivity contribution in [1.29, 1.82) is 0 Å². The van der Waals surface area contributed by atoms with Gasteiger partial charge in [-0.1, -0.05) is 12.1 Å². The number of ether oxygens (including phenoxy) is 3. The number of methoxy groups -OCH3 is 3. The number of nitrogens with one attached hydrogen (secondary N) is 1. The molecule has 0 aliphatic carbocycles. The van der Waals surface area contributed by atoms with E-state index in [0.29, 0.717) is 17.1 Å². The molecule has 28 heavy (non-hydrogen) atoms. The van der Waals surface area contributed by atoms with E-state index in [1.54, 1.807) is 36.4 Å². The summed E-state index contributed by atoms with van der Waals surface area (Å²) >= 11 is 0. The second-order valence-electron chi connectivity index (χ2n) is 5.77. The predicted octanol–water partition coefficient (Wildman–Crippen LogP) is 2.38. The normalized spacial score (nSPS) is 15.5. The van der Waals surface area contributed by atoms with Gasteiger partial charge in [-0.05, 0) is 35.9 Å². The summed E-state index contributed by atoms with van der Waals surface area (Å²) in [4.78, 5) is 38.5. The Morgan fingerprint density at radius 3 is 2.11 bits per heavy atom. The number of carbonyl (C=O) groups excluding carboxylic acids is 3. The molecule has 1 heterocycles. The molecule has 8 heteroatoms. The smallest absolute Gasteiger partial charge is 0.336 e. The summed E-state index contributed by atoms with van der Waals surface area (Å²) in [5, 5.41) is 2.18. The molecule has 0 saturated carbocycles. The molecule has 144 valence electrons. The van der Waals surface area contributed by atoms with Crippen LogP contribution in [0.3, 0.4) is 0 Å². The molecule has 3 rings (SSSR count). The molecule has 1 aliphatic heterocycles. The number of rotatable bonds is 5. The first kappa shape index (κ1) is 19.0. The molecule has 0 radical (unpaired) electrons. The maximum atomic E-state index is 13.0. The lowest BCUT2D eigenvalue weighted by Gasteiger charge is -2.27. The van der Waals surface area contributed by atoms with E-state index in [9.17, 15) is 14.4 Å². The van der Waals surface area contributed by atoms with Crippen molar-refractivity contribution in [3.63, 3.8) is 0 Å². The van der Waals surface area contributed by atoms with Crippen molar-refractivity contribution >= 4 is 29.6 Å². The summed E-state index contributed by atoms with van der Waals surface area (Å²) in [5.74, 6) is -0.198. The topological polar surface area (TPSA) is 94.2 Å². The molecule has 1 N–H and O–H groups in total. The van der Waals surface area contributed by atoms with E-state index in [0.717, 1.165) is 4.90 Å². The second kappa shape index (κ2) is 7.83. The summed E-state index contributed by atoms with van der Waals surface area (Å²) in [6.45, 7) is 0. The van der Waals surface area contributed by atoms with Gasteiger partial charge in [-0.3, -0.25) is 14.9 Å². The zero-order valence-corrected chi connectivity index (χ0v) is 15.5. The van der Waals surface area contributed by atoms with Gasteiger partial charge in [-0.25, -0.2) is 9.69 Å². The van der Waals surface area contributed by atoms with Crippen LogP contribution in [0.4, 0.5) is 10.5 Å². The monoisotopic (exact) mass is 382 g/mol. The molecule has 0 bridgehead atoms. The van der Waals surface area contributed by atoms with E-state index in [-0.39, 0.29) is 17.0 Å². The van der Waals surface area contributed by atoms with Crippen molar-refractivity contribution < 1.29 is 28.6 Å². The number of benzene rings is 2. The SMILES string of the molecule is COc1ccc(/C=C2\C(=O)NC(=O)N(c3cc(OC)ccc3OC)C2=O)cc1. The third kappa shape index (κ3) is 3.52. The quantitative estimate of drug-likeness (QED) is 0.630. The van der Waals surface area contributed by atoms with Crippen molar-refractivity contribution in [1.82, 2.24) is 5.32 Å². The minimum atomic E-state index is -0.867. The van der Waals surface area contributed by atoms with Gasteiger partial charge in [0.05, 0.1) is 27.0 Å². The minimum Gasteiger partial charge on any atom is -0.497 e. The highest BCUT2D eigenvalue weighted by Crippen LogP contribution is 2.34. The van der Waals surface area contributed by atoms with Crippen molar-refractivity contribution in [2.75, 3.05) is 26.2 Å². The van der Waals surface area contributed by atoms with Crippen LogP contribution in [-0.4, -0.2) is 39.2 Å². The van der Waals surface area contributed by atoms with Crippen molar-refractivity contribution in [2.45, 2.75) is 0 Å². The summed E-state index contributed by atoms with van der Waals surface area (Å²) in [7, 11) is 4.41. The Bertz CT molecular complexity index is 965. The molecule has 0 atom stereocenters. The Balaban J connectivity index is 2.04. The number of imide groups is 2. The van der Waals surface area contributed by atoms with E-state index in [1.807, 2.05) is 0 Å². The average molecular weight is 382 g/mol. The van der Waals surface area contributed by atoms with Crippen LogP contribution in [0.5, 0.6) is 17.2 Å². The molecule has 8 nitrogen and oxygen atoms in total. The van der Waals surface area contributed by atoms with E-state index in [4.69, 9.17) is 14.2 Å². The highest BCUT2D eigenvalue weighted by Gasteiger charge is 2.38. The number of barbiturate groups is 1. The molecule has 0 spiro atoms. The number of hydrogen-bond donors (Lipinski definition) is 1. The zero-order valence-electron chi connectivity index (χ0n) is 15.5. The fourth-order valence-electron chi connectivity index (χ4n) is 2.71. The first-order valence-electron chi connectivity index (χ1n) is 8.26. The molecule has 4 amide bonds. The third-order valence-corrected chi connectivity index (χ3v) is 4.16. The highest BCUT2D eigenvalue weighted by atomic mass is 16.5. The van der Waals surface area contributed by atoms with Crippen LogP contribution in [0.1, 0.15) is 5.56 Å². The van der Waals surface area contributed by atoms with Crippen molar-refractivity contribution in [2.24, 2.45) is 0 Å². The number of nitrogens with zero attached hydrogens (tertiary/aromatic N) is 1. The second-order valence-corrected chi connectivity index (χ2v) is 5.77. The molecule has 1 saturated heterocycles. The van der Waals surface area contributed by atoms with Gasteiger partial charge in [-0.2, -0.15) is 0 Å². The van der Waals surface area contributed by atoms with E-state index in [1.165, 1.54) is 33.5 Å². The average Bonchev–Trinajstić information content (AvgIpc) is 2.71. The fraction of sp³-hybridized carbons (Fsp3) is 0.150. The van der Waals surface area contributed by atoms with Gasteiger partial charge in [0, 0.05) is 6.07 Å². The summed E-state index contributed by atoms with van der Waals surface area (Å²) in [5.41, 5.74) is 0.582. The van der Waals surface area contributed by atoms with E-state index >= 15 is 0 Å². The summed E-state index contributed by atoms with van der Waals surface area (Å²) < 4.78 is 15.5. The van der Waals surface area contributed by atoms with Gasteiger partial charge in [0.2, 0.25) is 0 Å². The molecule has 2 aromatic carbocycles. The first-order chi connectivity index (χ1) is 13.5. The summed E-state index contributed by atoms with van der Waals surface area (Å²) in [6.07, 6.45) is 1.41. The lowest BCUT2D eigenvalue weighted by molar-refractivity contribution is -0.122. The lowest BCUT2D eigenvalue weighted by atomic mass is 10.1. The van der Waals surface area contributed by atoms with Gasteiger partial charge < -0.3 is 14.2 Å². The van der Waals surface area contributed by atoms with Gasteiger partial charge in [0.15, 0.2) is 0 Å². The third-order valence-electron chi connectivity index (χ3n) is 4.16. The minimum absolute atomic E-state index is 0.164. The van der Waals surface area contributed by atoms with Crippen molar-refractivity contribution in [3.8, 4) is 17.2 Å². The van der Waals surface area contributed by atoms with Crippen LogP contribution in [0.25, 0.3) is 6.08 Å². The Kier molecular flexibility index (Phi) is 5.30. The van der Waals surface area contributed by atoms with Crippen molar-refractivity contribution in [3.05, 3.63) is 53.6 Å². The van der Waals surface area contributed by atoms with Crippen LogP contribution in [-0.2, 0) is 9.59 Å². The van der Waals surface area contributed by atoms with Crippen LogP contribution in [0.2, 0.25) is 0 Å². The Morgan fingerprint density at radius 2 is 1.50 bits per heavy atom. The predicted molar refractivity (Wildman–Crippen MR) is 102 cm³/mol. The first-order valence-corrected chi connectivity index (χ1v) is 8.26. The Morgan fingerprint density at radius 1 is 0.857 bits per heavy atom. The van der Waals surface area contributed by atoms with Crippen LogP contribution in [0, 0.1) is 0 Å². The molecular weight excluding hydrogens is 364 g/mol. The van der Waals surface area contributed by atoms with E-state index in [2.05, 4.69) is 5.32 Å². The van der Waals surface area contributed by atoms with Crippen LogP contribution < -0.4 is 24.4 Å². The number of hydrogen-bond acceptors (Lipinski definition) is 6. The molecule has 2 aromatic rings. The van der Waals surface area contributed by atoms with E-state index < -0.39 is 17.8 Å². The summed E-state index contributed by atoms with van der Waals surface area (Å²) in [6, 6.07) is 10.6. The molecule has 1 fully saturated rings. The highest BCUT2D eigenvalue weighted by molar-refractivity contribution is 6.39. The molecule has 0 unspecified atom stereocenters. The number of urea groups is 1. The largest absolute Gasteiger partial charge is 0.497 e. The standard InChI is InChI=1S/C20H18N2O6/c1-26-13-6-4-12(5-7-13)10-15-18(23)21-20(25)22(19(15)24)16-11-14(27-2)8-9-17(16)28-3/h4-11H,1-3H3,(H,21,23,25)/b15-10+. The fourth-order valence-corrected chi connectivity index (χ4v) is 2.71. The van der Waals surface area contributed by atoms with Gasteiger partial charge in [0.25, 0.3) is 11.8 Å². The van der Waals surface area contributed by atoms with Crippen LogP contribution in [0.15, 0.2) is 48.0 Å². The maximum absolute atomic E-state index is 13.0. The van der Waals surface area contributed by atoms with Gasteiger partial charge in [-0.15, -0.1) is 0 Å². The zero-order chi connectivity index (χ0) is 20.3.